The topological polar surface area (TPSA) is 15.3 Å². The first-order valence-corrected chi connectivity index (χ1v) is 5.98. The third kappa shape index (κ3) is 3.33. The molecule has 1 aliphatic rings. The Morgan fingerprint density at radius 2 is 2.42 bits per heavy atom. The summed E-state index contributed by atoms with van der Waals surface area (Å²) in [7, 11) is 2.24. The van der Waals surface area contributed by atoms with Gasteiger partial charge in [-0.15, -0.1) is 0 Å². The van der Waals surface area contributed by atoms with Gasteiger partial charge >= 0.3 is 0 Å². The maximum absolute atomic E-state index is 3.35. The third-order valence-corrected chi connectivity index (χ3v) is 3.57. The Bertz CT molecular complexity index is 113. The molecule has 0 spiro atoms. The second-order valence-corrected chi connectivity index (χ2v) is 4.50. The van der Waals surface area contributed by atoms with Crippen LogP contribution in [-0.2, 0) is 0 Å². The van der Waals surface area contributed by atoms with Crippen LogP contribution in [0, 0.1) is 0 Å². The molecular weight excluding hydrogens is 168 g/mol. The minimum atomic E-state index is 0.841. The fourth-order valence-corrected chi connectivity index (χ4v) is 2.78. The summed E-state index contributed by atoms with van der Waals surface area (Å²) < 4.78 is 0. The number of rotatable bonds is 5. The van der Waals surface area contributed by atoms with E-state index in [2.05, 4.69) is 35.9 Å². The molecule has 72 valence electrons. The van der Waals surface area contributed by atoms with E-state index in [0.717, 1.165) is 19.1 Å². The van der Waals surface area contributed by atoms with Gasteiger partial charge in [-0.3, -0.25) is 0 Å². The molecule has 0 bridgehead atoms. The van der Waals surface area contributed by atoms with Crippen LogP contribution in [0.2, 0.25) is 0 Å². The minimum Gasteiger partial charge on any atom is -0.316 e. The molecule has 1 fully saturated rings. The van der Waals surface area contributed by atoms with Crippen molar-refractivity contribution < 1.29 is 0 Å². The van der Waals surface area contributed by atoms with Gasteiger partial charge in [-0.05, 0) is 25.8 Å². The third-order valence-electron chi connectivity index (χ3n) is 2.42. The van der Waals surface area contributed by atoms with E-state index in [9.17, 15) is 0 Å². The molecule has 1 unspecified atom stereocenters. The van der Waals surface area contributed by atoms with Crippen LogP contribution in [0.4, 0.5) is 0 Å². The summed E-state index contributed by atoms with van der Waals surface area (Å²) in [6.45, 7) is 5.58. The Balaban J connectivity index is 2.05. The van der Waals surface area contributed by atoms with Gasteiger partial charge in [-0.1, -0.05) is 6.92 Å². The first-order valence-electron chi connectivity index (χ1n) is 4.83. The summed E-state index contributed by atoms with van der Waals surface area (Å²) in [5.74, 6) is 2.69. The van der Waals surface area contributed by atoms with Crippen molar-refractivity contribution in [3.63, 3.8) is 0 Å². The highest BCUT2D eigenvalue weighted by molar-refractivity contribution is 7.99. The molecule has 1 atom stereocenters. The predicted octanol–water partition coefficient (Wildman–Crippen LogP) is 1.03. The fourth-order valence-electron chi connectivity index (χ4n) is 1.48. The summed E-state index contributed by atoms with van der Waals surface area (Å²) in [5, 5.41) is 3.35. The maximum atomic E-state index is 3.35. The largest absolute Gasteiger partial charge is 0.316 e. The van der Waals surface area contributed by atoms with Crippen LogP contribution < -0.4 is 5.32 Å². The van der Waals surface area contributed by atoms with Crippen molar-refractivity contribution in [3.05, 3.63) is 0 Å². The maximum Gasteiger partial charge on any atom is 0.0191 e. The van der Waals surface area contributed by atoms with Gasteiger partial charge in [0.2, 0.25) is 0 Å². The van der Waals surface area contributed by atoms with E-state index in [1.807, 2.05) is 0 Å². The van der Waals surface area contributed by atoms with E-state index in [1.165, 1.54) is 24.5 Å². The van der Waals surface area contributed by atoms with Crippen LogP contribution in [0.25, 0.3) is 0 Å². The average molecular weight is 188 g/mol. The molecule has 0 amide bonds. The van der Waals surface area contributed by atoms with E-state index in [1.54, 1.807) is 0 Å². The lowest BCUT2D eigenvalue weighted by Crippen LogP contribution is -2.36. The summed E-state index contributed by atoms with van der Waals surface area (Å²) in [4.78, 5) is 2.49. The van der Waals surface area contributed by atoms with E-state index in [-0.39, 0.29) is 0 Å². The van der Waals surface area contributed by atoms with Crippen molar-refractivity contribution in [2.75, 3.05) is 38.2 Å². The number of hydrogen-bond donors (Lipinski definition) is 1. The Morgan fingerprint density at radius 3 is 3.00 bits per heavy atom. The number of nitrogens with one attached hydrogen (secondary N) is 1. The van der Waals surface area contributed by atoms with Gasteiger partial charge in [0.05, 0.1) is 0 Å². The SMILES string of the molecule is CCNCCN(C)C1CCSC1. The van der Waals surface area contributed by atoms with Crippen molar-refractivity contribution in [1.29, 1.82) is 0 Å². The molecular formula is C9H20N2S. The smallest absolute Gasteiger partial charge is 0.0191 e. The van der Waals surface area contributed by atoms with E-state index in [0.29, 0.717) is 0 Å². The van der Waals surface area contributed by atoms with Gasteiger partial charge in [0.1, 0.15) is 0 Å². The predicted molar refractivity (Wildman–Crippen MR) is 56.9 cm³/mol. The summed E-state index contributed by atoms with van der Waals surface area (Å²) >= 11 is 2.09. The van der Waals surface area contributed by atoms with Crippen LogP contribution in [-0.4, -0.2) is 49.1 Å². The van der Waals surface area contributed by atoms with Crippen molar-refractivity contribution in [2.45, 2.75) is 19.4 Å². The first-order chi connectivity index (χ1) is 5.84. The van der Waals surface area contributed by atoms with Gasteiger partial charge in [-0.25, -0.2) is 0 Å². The van der Waals surface area contributed by atoms with Gasteiger partial charge < -0.3 is 10.2 Å². The van der Waals surface area contributed by atoms with E-state index in [4.69, 9.17) is 0 Å². The Hall–Kier alpha value is 0.270. The van der Waals surface area contributed by atoms with Crippen molar-refractivity contribution in [3.8, 4) is 0 Å². The summed E-state index contributed by atoms with van der Waals surface area (Å²) in [5.41, 5.74) is 0. The molecule has 0 saturated carbocycles. The molecule has 0 radical (unpaired) electrons. The van der Waals surface area contributed by atoms with Crippen LogP contribution in [0.1, 0.15) is 13.3 Å². The van der Waals surface area contributed by atoms with Gasteiger partial charge in [0.15, 0.2) is 0 Å². The van der Waals surface area contributed by atoms with Crippen molar-refractivity contribution >= 4 is 11.8 Å². The molecule has 2 nitrogen and oxygen atoms in total. The van der Waals surface area contributed by atoms with E-state index >= 15 is 0 Å². The summed E-state index contributed by atoms with van der Waals surface area (Å²) in [6, 6.07) is 0.841. The standard InChI is InChI=1S/C9H20N2S/c1-3-10-5-6-11(2)9-4-7-12-8-9/h9-10H,3-8H2,1-2H3. The lowest BCUT2D eigenvalue weighted by molar-refractivity contribution is 0.263. The van der Waals surface area contributed by atoms with Gasteiger partial charge in [-0.2, -0.15) is 11.8 Å². The quantitative estimate of drug-likeness (QED) is 0.649. The Labute approximate surface area is 80.1 Å². The van der Waals surface area contributed by atoms with Crippen LogP contribution in [0.3, 0.4) is 0 Å². The summed E-state index contributed by atoms with van der Waals surface area (Å²) in [6.07, 6.45) is 1.38. The molecule has 1 saturated heterocycles. The lowest BCUT2D eigenvalue weighted by atomic mass is 10.2. The molecule has 0 aromatic carbocycles. The normalized spacial score (nSPS) is 23.8. The molecule has 1 rings (SSSR count). The van der Waals surface area contributed by atoms with Crippen LogP contribution >= 0.6 is 11.8 Å². The fraction of sp³-hybridized carbons (Fsp3) is 1.00. The molecule has 0 aliphatic carbocycles. The van der Waals surface area contributed by atoms with Crippen LogP contribution in [0.5, 0.6) is 0 Å². The van der Waals surface area contributed by atoms with Crippen LogP contribution in [0.15, 0.2) is 0 Å². The highest BCUT2D eigenvalue weighted by Crippen LogP contribution is 2.20. The first kappa shape index (κ1) is 10.4. The molecule has 12 heavy (non-hydrogen) atoms. The highest BCUT2D eigenvalue weighted by atomic mass is 32.2. The molecule has 3 heteroatoms. The molecule has 1 heterocycles. The Kier molecular flexibility index (Phi) is 5.04. The van der Waals surface area contributed by atoms with Gasteiger partial charge in [0.25, 0.3) is 0 Å². The second-order valence-electron chi connectivity index (χ2n) is 3.35. The van der Waals surface area contributed by atoms with E-state index < -0.39 is 0 Å². The highest BCUT2D eigenvalue weighted by Gasteiger charge is 2.18. The zero-order chi connectivity index (χ0) is 8.81. The number of hydrogen-bond acceptors (Lipinski definition) is 3. The lowest BCUT2D eigenvalue weighted by Gasteiger charge is -2.23. The minimum absolute atomic E-state index is 0.841. The number of thioether (sulfide) groups is 1. The zero-order valence-electron chi connectivity index (χ0n) is 8.18. The average Bonchev–Trinajstić information content (AvgIpc) is 2.56. The molecule has 0 aromatic heterocycles. The molecule has 1 N–H and O–H groups in total. The zero-order valence-corrected chi connectivity index (χ0v) is 8.99. The Morgan fingerprint density at radius 1 is 1.58 bits per heavy atom. The van der Waals surface area contributed by atoms with Crippen molar-refractivity contribution in [1.82, 2.24) is 10.2 Å². The second kappa shape index (κ2) is 5.84. The van der Waals surface area contributed by atoms with Gasteiger partial charge in [0, 0.05) is 24.9 Å². The monoisotopic (exact) mass is 188 g/mol. The number of likely N-dealkylation sites (N-methyl/N-ethyl adjacent to an activating group) is 2. The number of nitrogens with zero attached hydrogens (tertiary/aromatic N) is 1. The molecule has 1 aliphatic heterocycles. The van der Waals surface area contributed by atoms with Crippen molar-refractivity contribution in [2.24, 2.45) is 0 Å². The molecule has 0 aromatic rings.